The lowest BCUT2D eigenvalue weighted by Gasteiger charge is -2.63. The van der Waals surface area contributed by atoms with Gasteiger partial charge in [-0.2, -0.15) is 0 Å². The van der Waals surface area contributed by atoms with E-state index in [0.717, 1.165) is 32.1 Å². The number of hydrogen-bond donors (Lipinski definition) is 2. The Kier molecular flexibility index (Phi) is 9.76. The fourth-order valence-electron chi connectivity index (χ4n) is 19.4. The van der Waals surface area contributed by atoms with Gasteiger partial charge in [-0.15, -0.1) is 0 Å². The molecule has 11 heteroatoms. The smallest absolute Gasteiger partial charge is 0.318 e. The molecule has 0 aromatic heterocycles. The summed E-state index contributed by atoms with van der Waals surface area (Å²) >= 11 is 0. The zero-order valence-corrected chi connectivity index (χ0v) is 40.7. The number of carbonyl (C=O) groups is 5. The zero-order valence-electron chi connectivity index (χ0n) is 40.7. The Morgan fingerprint density at radius 2 is 1.25 bits per heavy atom. The topological polar surface area (TPSA) is 163 Å². The van der Waals surface area contributed by atoms with Crippen LogP contribution in [0, 0.1) is 104 Å². The van der Waals surface area contributed by atoms with Crippen molar-refractivity contribution in [2.45, 2.75) is 188 Å². The van der Waals surface area contributed by atoms with E-state index in [1.807, 2.05) is 20.8 Å². The van der Waals surface area contributed by atoms with Crippen LogP contribution in [0.15, 0.2) is 0 Å². The largest absolute Gasteiger partial charge is 0.465 e. The van der Waals surface area contributed by atoms with Crippen molar-refractivity contribution in [2.75, 3.05) is 6.61 Å². The van der Waals surface area contributed by atoms with Crippen molar-refractivity contribution < 1.29 is 53.1 Å². The Labute approximate surface area is 381 Å². The van der Waals surface area contributed by atoms with Crippen molar-refractivity contribution in [1.29, 1.82) is 0 Å². The van der Waals surface area contributed by atoms with Crippen LogP contribution in [-0.4, -0.2) is 69.1 Å². The fraction of sp³-hybridized carbons (Fsp3) is 0.906. The highest BCUT2D eigenvalue weighted by atomic mass is 16.6. The molecule has 2 aliphatic heterocycles. The number of ether oxygens (including phenoxy) is 4. The average Bonchev–Trinajstić information content (AvgIpc) is 3.88. The Hall–Kier alpha value is -2.53. The highest BCUT2D eigenvalue weighted by Gasteiger charge is 2.70. The molecule has 10 saturated carbocycles. The van der Waals surface area contributed by atoms with Crippen molar-refractivity contribution >= 4 is 29.8 Å². The van der Waals surface area contributed by atoms with Gasteiger partial charge in [-0.3, -0.25) is 24.0 Å². The summed E-state index contributed by atoms with van der Waals surface area (Å²) in [5.41, 5.74) is -9.26. The summed E-state index contributed by atoms with van der Waals surface area (Å²) in [5.74, 6) is -0.891. The quantitative estimate of drug-likeness (QED) is 0.110. The van der Waals surface area contributed by atoms with E-state index < -0.39 is 79.2 Å². The summed E-state index contributed by atoms with van der Waals surface area (Å²) in [7, 11) is 0. The van der Waals surface area contributed by atoms with E-state index in [0.29, 0.717) is 56.0 Å². The Bertz CT molecular complexity index is 1990. The fourth-order valence-corrected chi connectivity index (χ4v) is 19.4. The lowest BCUT2D eigenvalue weighted by Crippen LogP contribution is -2.67. The molecule has 0 spiro atoms. The summed E-state index contributed by atoms with van der Waals surface area (Å²) < 4.78 is 25.0. The first-order valence-corrected chi connectivity index (χ1v) is 25.3. The minimum absolute atomic E-state index is 0.00138. The highest BCUT2D eigenvalue weighted by Crippen LogP contribution is 2.69. The summed E-state index contributed by atoms with van der Waals surface area (Å²) in [5, 5.41) is 23.5. The summed E-state index contributed by atoms with van der Waals surface area (Å²) in [6.07, 6.45) is 9.50. The molecule has 12 aliphatic rings. The van der Waals surface area contributed by atoms with Crippen LogP contribution in [-0.2, 0) is 42.9 Å². The summed E-state index contributed by atoms with van der Waals surface area (Å²) in [6, 6.07) is 0. The molecule has 12 atom stereocenters. The van der Waals surface area contributed by atoms with E-state index in [1.165, 1.54) is 6.42 Å². The molecule has 12 fully saturated rings. The second-order valence-corrected chi connectivity index (χ2v) is 27.3. The monoisotopic (exact) mass is 891 g/mol. The number of rotatable bonds is 12. The van der Waals surface area contributed by atoms with E-state index in [-0.39, 0.29) is 79.0 Å². The van der Waals surface area contributed by atoms with Gasteiger partial charge in [0.2, 0.25) is 0 Å². The van der Waals surface area contributed by atoms with Gasteiger partial charge in [-0.1, -0.05) is 55.4 Å². The Balaban J connectivity index is 1.04. The lowest BCUT2D eigenvalue weighted by molar-refractivity contribution is -0.268. The SMILES string of the molecule is CC1C(=O)OC(=O)C1C(C)(C)C(C)(CC(C)(C)C(C)(CC(C)(C)C1C(C)C2CC1C1COC(=O)C21)C(=O)OC1(C)C2CC3CC(C2)CC1C3)C(=O)OC12CC3CC(O)(CC(O)(C3)C1)C2. The van der Waals surface area contributed by atoms with E-state index in [4.69, 9.17) is 18.9 Å². The number of fused-ring (bicyclic) bond motifs is 5. The van der Waals surface area contributed by atoms with Gasteiger partial charge in [0, 0.05) is 25.2 Å². The second kappa shape index (κ2) is 13.8. The normalized spacial score (nSPS) is 48.2. The highest BCUT2D eigenvalue weighted by molar-refractivity contribution is 5.97. The third-order valence-electron chi connectivity index (χ3n) is 22.2. The molecule has 12 unspecified atom stereocenters. The third-order valence-corrected chi connectivity index (χ3v) is 22.2. The van der Waals surface area contributed by atoms with Crippen LogP contribution in [0.5, 0.6) is 0 Å². The van der Waals surface area contributed by atoms with Crippen molar-refractivity contribution in [3.8, 4) is 0 Å². The molecule has 12 rings (SSSR count). The maximum atomic E-state index is 16.0. The van der Waals surface area contributed by atoms with Crippen LogP contribution in [0.3, 0.4) is 0 Å². The van der Waals surface area contributed by atoms with Gasteiger partial charge in [-0.25, -0.2) is 0 Å². The molecule has 2 saturated heterocycles. The van der Waals surface area contributed by atoms with Crippen LogP contribution in [0.2, 0.25) is 0 Å². The van der Waals surface area contributed by atoms with Crippen molar-refractivity contribution in [3.63, 3.8) is 0 Å². The van der Waals surface area contributed by atoms with Crippen molar-refractivity contribution in [3.05, 3.63) is 0 Å². The van der Waals surface area contributed by atoms with E-state index in [2.05, 4.69) is 48.5 Å². The lowest BCUT2D eigenvalue weighted by atomic mass is 9.47. The number of carbonyl (C=O) groups excluding carboxylic acids is 5. The van der Waals surface area contributed by atoms with E-state index in [9.17, 15) is 24.6 Å². The maximum absolute atomic E-state index is 16.0. The van der Waals surface area contributed by atoms with Crippen LogP contribution < -0.4 is 0 Å². The molecule has 10 bridgehead atoms. The van der Waals surface area contributed by atoms with Crippen molar-refractivity contribution in [2.24, 2.45) is 104 Å². The first-order valence-electron chi connectivity index (χ1n) is 25.3. The number of hydrogen-bond acceptors (Lipinski definition) is 11. The van der Waals surface area contributed by atoms with Gasteiger partial charge >= 0.3 is 29.8 Å². The zero-order chi connectivity index (χ0) is 46.3. The second-order valence-electron chi connectivity index (χ2n) is 27.3. The van der Waals surface area contributed by atoms with Crippen LogP contribution in [0.4, 0.5) is 0 Å². The number of aliphatic hydroxyl groups is 2. The third kappa shape index (κ3) is 6.31. The molecular weight excluding hydrogens is 813 g/mol. The molecule has 2 N–H and O–H groups in total. The Morgan fingerprint density at radius 3 is 1.80 bits per heavy atom. The first kappa shape index (κ1) is 45.3. The molecule has 64 heavy (non-hydrogen) atoms. The number of esters is 5. The predicted octanol–water partition coefficient (Wildman–Crippen LogP) is 8.38. The van der Waals surface area contributed by atoms with Crippen LogP contribution >= 0.6 is 0 Å². The first-order chi connectivity index (χ1) is 29.5. The molecule has 0 aromatic rings. The molecule has 0 aromatic carbocycles. The minimum atomic E-state index is -1.49. The predicted molar refractivity (Wildman–Crippen MR) is 234 cm³/mol. The molecule has 11 nitrogen and oxygen atoms in total. The van der Waals surface area contributed by atoms with Crippen molar-refractivity contribution in [1.82, 2.24) is 0 Å². The van der Waals surface area contributed by atoms with Gasteiger partial charge in [0.25, 0.3) is 0 Å². The van der Waals surface area contributed by atoms with Crippen LogP contribution in [0.25, 0.3) is 0 Å². The molecular formula is C53H78O11. The van der Waals surface area contributed by atoms with Gasteiger partial charge < -0.3 is 29.2 Å². The molecule has 0 radical (unpaired) electrons. The molecule has 356 valence electrons. The average molecular weight is 891 g/mol. The molecule has 10 aliphatic carbocycles. The molecule has 2 heterocycles. The van der Waals surface area contributed by atoms with Gasteiger partial charge in [-0.05, 0) is 161 Å². The van der Waals surface area contributed by atoms with E-state index >= 15 is 9.59 Å². The van der Waals surface area contributed by atoms with Gasteiger partial charge in [0.15, 0.2) is 0 Å². The van der Waals surface area contributed by atoms with Gasteiger partial charge in [0.05, 0.1) is 46.4 Å². The van der Waals surface area contributed by atoms with Crippen LogP contribution in [0.1, 0.15) is 166 Å². The minimum Gasteiger partial charge on any atom is -0.465 e. The Morgan fingerprint density at radius 1 is 0.672 bits per heavy atom. The van der Waals surface area contributed by atoms with E-state index in [1.54, 1.807) is 6.92 Å². The van der Waals surface area contributed by atoms with Gasteiger partial charge in [0.1, 0.15) is 11.2 Å². The summed E-state index contributed by atoms with van der Waals surface area (Å²) in [4.78, 5) is 71.6. The summed E-state index contributed by atoms with van der Waals surface area (Å²) in [6.45, 7) is 22.9. The standard InChI is InChI=1S/C53H78O11/c1-27-34-17-35(36-21-61-41(55)37(34)36)38(27)45(3,4)22-48(9,43(57)63-50(11)32-13-29-12-30(15-32)16-33(50)14-29)46(5,6)23-49(10,47(7,8)39-28(2)40(54)62-42(39)56)44(58)64-53-20-31-18-51(59,25-53)24-52(60,19-31)26-53/h27-39,59-60H,12-26H2,1-11H3. The maximum Gasteiger partial charge on any atom is 0.318 e. The number of cyclic esters (lactones) is 3. The molecule has 0 amide bonds.